The lowest BCUT2D eigenvalue weighted by Gasteiger charge is -2.34. The second-order valence-electron chi connectivity index (χ2n) is 5.07. The molecule has 2 atom stereocenters. The molecule has 6 nitrogen and oxygen atoms in total. The summed E-state index contributed by atoms with van der Waals surface area (Å²) in [4.78, 5) is 24.6. The summed E-state index contributed by atoms with van der Waals surface area (Å²) in [6, 6.07) is 9.34. The Hall–Kier alpha value is -2.08. The first kappa shape index (κ1) is 15.3. The molecule has 21 heavy (non-hydrogen) atoms. The Morgan fingerprint density at radius 2 is 2.00 bits per heavy atom. The molecule has 114 valence electrons. The van der Waals surface area contributed by atoms with Crippen LogP contribution in [0.3, 0.4) is 0 Å². The molecule has 6 heteroatoms. The number of carbonyl (C=O) groups is 2. The van der Waals surface area contributed by atoms with Gasteiger partial charge in [0.2, 0.25) is 0 Å². The molecule has 1 unspecified atom stereocenters. The lowest BCUT2D eigenvalue weighted by Crippen LogP contribution is -2.49. The van der Waals surface area contributed by atoms with Crippen LogP contribution in [-0.2, 0) is 20.9 Å². The predicted molar refractivity (Wildman–Crippen MR) is 74.7 cm³/mol. The standard InChI is InChI=1S/C15H19NO5/c1-20-13-7-12(14(17)18)8-16(9-13)15(19)21-10-11-5-3-2-4-6-11/h2-6,12-13H,7-10H2,1H3,(H,17,18)/t12?,13-/m1/s1. The largest absolute Gasteiger partial charge is 0.481 e. The molecule has 1 heterocycles. The molecule has 0 aliphatic carbocycles. The minimum Gasteiger partial charge on any atom is -0.481 e. The number of carboxylic acid groups (broad SMARTS) is 1. The highest BCUT2D eigenvalue weighted by atomic mass is 16.6. The maximum atomic E-state index is 12.1. The van der Waals surface area contributed by atoms with Crippen LogP contribution in [0, 0.1) is 5.92 Å². The summed E-state index contributed by atoms with van der Waals surface area (Å²) >= 11 is 0. The monoisotopic (exact) mass is 293 g/mol. The fourth-order valence-corrected chi connectivity index (χ4v) is 2.36. The maximum Gasteiger partial charge on any atom is 0.410 e. The summed E-state index contributed by atoms with van der Waals surface area (Å²) in [5.41, 5.74) is 0.890. The van der Waals surface area contributed by atoms with Crippen molar-refractivity contribution < 1.29 is 24.2 Å². The van der Waals surface area contributed by atoms with Gasteiger partial charge in [0.25, 0.3) is 0 Å². The number of ether oxygens (including phenoxy) is 2. The van der Waals surface area contributed by atoms with Crippen molar-refractivity contribution in [2.75, 3.05) is 20.2 Å². The second-order valence-corrected chi connectivity index (χ2v) is 5.07. The number of rotatable bonds is 4. The van der Waals surface area contributed by atoms with Gasteiger partial charge in [0, 0.05) is 13.7 Å². The van der Waals surface area contributed by atoms with Crippen molar-refractivity contribution in [2.24, 2.45) is 5.92 Å². The van der Waals surface area contributed by atoms with Crippen LogP contribution in [0.5, 0.6) is 0 Å². The summed E-state index contributed by atoms with van der Waals surface area (Å²) in [7, 11) is 1.52. The zero-order valence-corrected chi connectivity index (χ0v) is 11.9. The Balaban J connectivity index is 1.92. The first-order chi connectivity index (χ1) is 10.1. The van der Waals surface area contributed by atoms with Crippen molar-refractivity contribution in [3.8, 4) is 0 Å². The Bertz CT molecular complexity index is 490. The summed E-state index contributed by atoms with van der Waals surface area (Å²) < 4.78 is 10.4. The number of piperidine rings is 1. The maximum absolute atomic E-state index is 12.1. The number of likely N-dealkylation sites (tertiary alicyclic amines) is 1. The molecular weight excluding hydrogens is 274 g/mol. The van der Waals surface area contributed by atoms with E-state index >= 15 is 0 Å². The molecule has 1 aromatic carbocycles. The SMILES string of the molecule is CO[C@@H]1CC(C(=O)O)CN(C(=O)OCc2ccccc2)C1. The van der Waals surface area contributed by atoms with E-state index in [0.717, 1.165) is 5.56 Å². The van der Waals surface area contributed by atoms with Crippen LogP contribution in [0.4, 0.5) is 4.79 Å². The quantitative estimate of drug-likeness (QED) is 0.915. The minimum absolute atomic E-state index is 0.156. The molecular formula is C15H19NO5. The number of carbonyl (C=O) groups excluding carboxylic acids is 1. The third kappa shape index (κ3) is 4.19. The van der Waals surface area contributed by atoms with Crippen LogP contribution in [0.25, 0.3) is 0 Å². The minimum atomic E-state index is -0.919. The number of carboxylic acids is 1. The van der Waals surface area contributed by atoms with Crippen LogP contribution >= 0.6 is 0 Å². The Morgan fingerprint density at radius 3 is 2.62 bits per heavy atom. The van der Waals surface area contributed by atoms with Crippen LogP contribution in [0.15, 0.2) is 30.3 Å². The predicted octanol–water partition coefficient (Wildman–Crippen LogP) is 1.74. The topological polar surface area (TPSA) is 76.1 Å². The van der Waals surface area contributed by atoms with Gasteiger partial charge in [-0.25, -0.2) is 4.79 Å². The van der Waals surface area contributed by atoms with Crippen LogP contribution in [0.1, 0.15) is 12.0 Å². The van der Waals surface area contributed by atoms with Crippen molar-refractivity contribution >= 4 is 12.1 Å². The summed E-state index contributed by atoms with van der Waals surface area (Å²) in [6.45, 7) is 0.683. The van der Waals surface area contributed by atoms with E-state index in [1.807, 2.05) is 30.3 Å². The van der Waals surface area contributed by atoms with Crippen LogP contribution < -0.4 is 0 Å². The molecule has 0 radical (unpaired) electrons. The average Bonchev–Trinajstić information content (AvgIpc) is 2.53. The summed E-state index contributed by atoms with van der Waals surface area (Å²) in [5, 5.41) is 9.12. The molecule has 0 spiro atoms. The number of benzene rings is 1. The Kier molecular flexibility index (Phi) is 5.16. The van der Waals surface area contributed by atoms with Gasteiger partial charge in [-0.15, -0.1) is 0 Å². The second kappa shape index (κ2) is 7.08. The van der Waals surface area contributed by atoms with Crippen molar-refractivity contribution in [3.05, 3.63) is 35.9 Å². The number of methoxy groups -OCH3 is 1. The van der Waals surface area contributed by atoms with Gasteiger partial charge in [-0.1, -0.05) is 30.3 Å². The lowest BCUT2D eigenvalue weighted by atomic mass is 9.96. The Morgan fingerprint density at radius 1 is 1.29 bits per heavy atom. The third-order valence-electron chi connectivity index (χ3n) is 3.56. The first-order valence-corrected chi connectivity index (χ1v) is 6.81. The molecule has 1 amide bonds. The zero-order chi connectivity index (χ0) is 15.2. The van der Waals surface area contributed by atoms with E-state index in [2.05, 4.69) is 0 Å². The number of aliphatic carboxylic acids is 1. The molecule has 1 aliphatic heterocycles. The highest BCUT2D eigenvalue weighted by Crippen LogP contribution is 2.20. The summed E-state index contributed by atoms with van der Waals surface area (Å²) in [6.07, 6.45) is -0.370. The number of hydrogen-bond donors (Lipinski definition) is 1. The van der Waals surface area contributed by atoms with E-state index < -0.39 is 18.0 Å². The van der Waals surface area contributed by atoms with E-state index in [0.29, 0.717) is 13.0 Å². The smallest absolute Gasteiger partial charge is 0.410 e. The summed E-state index contributed by atoms with van der Waals surface area (Å²) in [5.74, 6) is -1.54. The zero-order valence-electron chi connectivity index (χ0n) is 11.9. The Labute approximate surface area is 123 Å². The fraction of sp³-hybridized carbons (Fsp3) is 0.467. The molecule has 0 saturated carbocycles. The van der Waals surface area contributed by atoms with Gasteiger partial charge in [-0.05, 0) is 12.0 Å². The highest BCUT2D eigenvalue weighted by Gasteiger charge is 2.34. The number of amides is 1. The van der Waals surface area contributed by atoms with Crippen LogP contribution in [0.2, 0.25) is 0 Å². The highest BCUT2D eigenvalue weighted by molar-refractivity contribution is 5.73. The molecule has 0 bridgehead atoms. The van der Waals surface area contributed by atoms with Crippen molar-refractivity contribution in [1.82, 2.24) is 4.90 Å². The third-order valence-corrected chi connectivity index (χ3v) is 3.56. The number of nitrogens with zero attached hydrogens (tertiary/aromatic N) is 1. The van der Waals surface area contributed by atoms with Gasteiger partial charge >= 0.3 is 12.1 Å². The van der Waals surface area contributed by atoms with E-state index in [4.69, 9.17) is 14.6 Å². The average molecular weight is 293 g/mol. The lowest BCUT2D eigenvalue weighted by molar-refractivity contribution is -0.145. The van der Waals surface area contributed by atoms with E-state index in [1.54, 1.807) is 0 Å². The van der Waals surface area contributed by atoms with Gasteiger partial charge in [-0.2, -0.15) is 0 Å². The normalized spacial score (nSPS) is 21.9. The van der Waals surface area contributed by atoms with Gasteiger partial charge in [0.15, 0.2) is 0 Å². The van der Waals surface area contributed by atoms with Gasteiger partial charge in [-0.3, -0.25) is 4.79 Å². The van der Waals surface area contributed by atoms with E-state index in [9.17, 15) is 9.59 Å². The van der Waals surface area contributed by atoms with Crippen LogP contribution in [-0.4, -0.2) is 48.4 Å². The molecule has 2 rings (SSSR count). The van der Waals surface area contributed by atoms with E-state index in [-0.39, 0.29) is 19.3 Å². The molecule has 0 aromatic heterocycles. The van der Waals surface area contributed by atoms with E-state index in [1.165, 1.54) is 12.0 Å². The van der Waals surface area contributed by atoms with Gasteiger partial charge in [0.05, 0.1) is 18.6 Å². The van der Waals surface area contributed by atoms with Crippen molar-refractivity contribution in [1.29, 1.82) is 0 Å². The van der Waals surface area contributed by atoms with Crippen molar-refractivity contribution in [3.63, 3.8) is 0 Å². The van der Waals surface area contributed by atoms with Gasteiger partial charge < -0.3 is 19.5 Å². The fourth-order valence-electron chi connectivity index (χ4n) is 2.36. The first-order valence-electron chi connectivity index (χ1n) is 6.81. The molecule has 1 aromatic rings. The van der Waals surface area contributed by atoms with Crippen molar-refractivity contribution in [2.45, 2.75) is 19.1 Å². The number of hydrogen-bond acceptors (Lipinski definition) is 4. The molecule has 1 aliphatic rings. The molecule has 1 fully saturated rings. The molecule has 1 saturated heterocycles. The molecule has 1 N–H and O–H groups in total. The van der Waals surface area contributed by atoms with Gasteiger partial charge in [0.1, 0.15) is 6.61 Å².